The predicted molar refractivity (Wildman–Crippen MR) is 26.2 cm³/mol. The van der Waals surface area contributed by atoms with E-state index in [-0.39, 0.29) is 34.1 Å². The summed E-state index contributed by atoms with van der Waals surface area (Å²) in [7, 11) is 0. The van der Waals surface area contributed by atoms with Crippen molar-refractivity contribution in [3.63, 3.8) is 0 Å². The summed E-state index contributed by atoms with van der Waals surface area (Å²) < 4.78 is 0. The van der Waals surface area contributed by atoms with E-state index in [1.807, 2.05) is 0 Å². The second-order valence-electron chi connectivity index (χ2n) is 1.47. The first-order chi connectivity index (χ1) is 2.89. The van der Waals surface area contributed by atoms with E-state index < -0.39 is 0 Å². The topological polar surface area (TPSA) is 0 Å². The van der Waals surface area contributed by atoms with Crippen LogP contribution < -0.4 is 0 Å². The summed E-state index contributed by atoms with van der Waals surface area (Å²) in [4.78, 5) is 0. The fourth-order valence-corrected chi connectivity index (χ4v) is 0.515. The summed E-state index contributed by atoms with van der Waals surface area (Å²) in [5.41, 5.74) is 1.27. The van der Waals surface area contributed by atoms with Crippen molar-refractivity contribution in [3.8, 4) is 0 Å². The molecule has 0 unspecified atom stereocenters. The molecule has 0 heterocycles. The van der Waals surface area contributed by atoms with Gasteiger partial charge in [-0.1, -0.05) is 6.92 Å². The van der Waals surface area contributed by atoms with Crippen LogP contribution in [-0.4, -0.2) is 0 Å². The van der Waals surface area contributed by atoms with Crippen molar-refractivity contribution in [2.75, 3.05) is 0 Å². The fraction of sp³-hybridized carbons (Fsp3) is 0.333. The molecule has 0 saturated heterocycles. The Kier molecular flexibility index (Phi) is 8.01. The molecule has 1 aliphatic carbocycles. The van der Waals surface area contributed by atoms with Crippen LogP contribution in [0.15, 0.2) is 17.7 Å². The van der Waals surface area contributed by atoms with Crippen LogP contribution in [0, 0.1) is 6.08 Å². The average Bonchev–Trinajstić information content (AvgIpc) is 1.86. The minimum atomic E-state index is 0. The molecular weight excluding hydrogens is 182 g/mol. The van der Waals surface area contributed by atoms with Crippen LogP contribution in [0.2, 0.25) is 0 Å². The third-order valence-corrected chi connectivity index (χ3v) is 0.867. The molecule has 1 rings (SSSR count). The van der Waals surface area contributed by atoms with Gasteiger partial charge >= 0.3 is 0 Å². The van der Waals surface area contributed by atoms with Gasteiger partial charge in [0.15, 0.2) is 0 Å². The van der Waals surface area contributed by atoms with Crippen molar-refractivity contribution in [3.05, 3.63) is 23.8 Å². The van der Waals surface area contributed by atoms with Gasteiger partial charge in [-0.25, -0.2) is 11.6 Å². The van der Waals surface area contributed by atoms with Crippen LogP contribution in [0.1, 0.15) is 13.3 Å². The minimum absolute atomic E-state index is 0. The first kappa shape index (κ1) is 11.3. The van der Waals surface area contributed by atoms with Crippen LogP contribution in [0.25, 0.3) is 0 Å². The molecule has 0 aromatic carbocycles. The maximum Gasteiger partial charge on any atom is 0 e. The molecule has 46 valence electrons. The molecule has 0 aromatic heterocycles. The Morgan fingerprint density at radius 1 is 1.50 bits per heavy atom. The van der Waals surface area contributed by atoms with Crippen molar-refractivity contribution in [2.45, 2.75) is 13.3 Å². The quantitative estimate of drug-likeness (QED) is 0.401. The molecule has 0 aromatic rings. The standard InChI is InChI=1S/C6H7.2Mn/c1-6-4-2-3-5-6;;/h2,4H,3H2,1H3;;/q-1;;. The molecule has 0 saturated carbocycles. The molecule has 0 fully saturated rings. The maximum absolute atomic E-state index is 3.12. The van der Waals surface area contributed by atoms with Gasteiger partial charge in [0, 0.05) is 34.1 Å². The van der Waals surface area contributed by atoms with E-state index >= 15 is 0 Å². The number of hydrogen-bond acceptors (Lipinski definition) is 0. The van der Waals surface area contributed by atoms with Crippen LogP contribution in [0.3, 0.4) is 0 Å². The third kappa shape index (κ3) is 3.51. The monoisotopic (exact) mass is 189 g/mol. The number of hydrogen-bond donors (Lipinski definition) is 0. The predicted octanol–water partition coefficient (Wildman–Crippen LogP) is 1.69. The van der Waals surface area contributed by atoms with E-state index in [1.54, 1.807) is 0 Å². The molecule has 0 nitrogen and oxygen atoms in total. The summed E-state index contributed by atoms with van der Waals surface area (Å²) in [6.45, 7) is 2.06. The van der Waals surface area contributed by atoms with Gasteiger partial charge in [-0.15, -0.1) is 6.42 Å². The second kappa shape index (κ2) is 5.65. The zero-order valence-corrected chi connectivity index (χ0v) is 6.98. The van der Waals surface area contributed by atoms with Crippen LogP contribution in [-0.2, 0) is 34.1 Å². The normalized spacial score (nSPS) is 13.9. The van der Waals surface area contributed by atoms with Gasteiger partial charge < -0.3 is 0 Å². The van der Waals surface area contributed by atoms with E-state index in [0.717, 1.165) is 6.42 Å². The summed E-state index contributed by atoms with van der Waals surface area (Å²) in [5.74, 6) is 0. The molecule has 2 heteroatoms. The summed E-state index contributed by atoms with van der Waals surface area (Å²) in [6, 6.07) is 0. The Morgan fingerprint density at radius 2 is 2.12 bits per heavy atom. The first-order valence-corrected chi connectivity index (χ1v) is 2.13. The zero-order chi connectivity index (χ0) is 4.41. The van der Waals surface area contributed by atoms with Gasteiger partial charge in [0.05, 0.1) is 0 Å². The van der Waals surface area contributed by atoms with E-state index in [1.165, 1.54) is 5.57 Å². The van der Waals surface area contributed by atoms with Crippen LogP contribution >= 0.6 is 0 Å². The van der Waals surface area contributed by atoms with Crippen molar-refractivity contribution in [1.82, 2.24) is 0 Å². The van der Waals surface area contributed by atoms with E-state index in [0.29, 0.717) is 0 Å². The summed E-state index contributed by atoms with van der Waals surface area (Å²) in [5, 5.41) is 0. The molecular formula is C6H7Mn2-. The van der Waals surface area contributed by atoms with Gasteiger partial charge in [0.25, 0.3) is 0 Å². The van der Waals surface area contributed by atoms with Crippen molar-refractivity contribution >= 4 is 0 Å². The average molecular weight is 189 g/mol. The van der Waals surface area contributed by atoms with Crippen molar-refractivity contribution < 1.29 is 34.1 Å². The van der Waals surface area contributed by atoms with Crippen molar-refractivity contribution in [1.29, 1.82) is 0 Å². The SMILES string of the molecule is CC1=[C-]CC=C1.[Mn].[Mn]. The molecule has 0 amide bonds. The van der Waals surface area contributed by atoms with Gasteiger partial charge in [-0.3, -0.25) is 6.08 Å². The molecule has 0 aliphatic heterocycles. The Labute approximate surface area is 71.4 Å². The number of allylic oxidation sites excluding steroid dienone is 4. The van der Waals surface area contributed by atoms with Gasteiger partial charge in [-0.2, -0.15) is 6.08 Å². The molecule has 0 spiro atoms. The largest absolute Gasteiger partial charge is 0.270 e. The molecule has 2 radical (unpaired) electrons. The zero-order valence-electron chi connectivity index (χ0n) is 4.62. The minimum Gasteiger partial charge on any atom is -0.270 e. The Hall–Kier alpha value is 0.519. The van der Waals surface area contributed by atoms with Gasteiger partial charge in [-0.05, 0) is 0 Å². The molecule has 8 heavy (non-hydrogen) atoms. The smallest absolute Gasteiger partial charge is 0 e. The van der Waals surface area contributed by atoms with Crippen molar-refractivity contribution in [2.24, 2.45) is 0 Å². The maximum atomic E-state index is 3.12. The third-order valence-electron chi connectivity index (χ3n) is 0.867. The Balaban J connectivity index is 0. The summed E-state index contributed by atoms with van der Waals surface area (Å²) >= 11 is 0. The Morgan fingerprint density at radius 3 is 2.25 bits per heavy atom. The second-order valence-corrected chi connectivity index (χ2v) is 1.47. The van der Waals surface area contributed by atoms with E-state index in [4.69, 9.17) is 0 Å². The molecule has 0 N–H and O–H groups in total. The molecule has 1 aliphatic rings. The fourth-order valence-electron chi connectivity index (χ4n) is 0.515. The summed E-state index contributed by atoms with van der Waals surface area (Å²) in [6.07, 6.45) is 8.33. The van der Waals surface area contributed by atoms with Crippen LogP contribution in [0.5, 0.6) is 0 Å². The van der Waals surface area contributed by atoms with E-state index in [9.17, 15) is 0 Å². The molecule has 0 atom stereocenters. The molecule has 0 bridgehead atoms. The van der Waals surface area contributed by atoms with Gasteiger partial charge in [0.2, 0.25) is 0 Å². The van der Waals surface area contributed by atoms with E-state index in [2.05, 4.69) is 25.2 Å². The number of rotatable bonds is 0. The van der Waals surface area contributed by atoms with Gasteiger partial charge in [0.1, 0.15) is 0 Å². The Bertz CT molecular complexity index is 100. The van der Waals surface area contributed by atoms with Crippen LogP contribution in [0.4, 0.5) is 0 Å². The first-order valence-electron chi connectivity index (χ1n) is 2.13.